The van der Waals surface area contributed by atoms with Gasteiger partial charge in [-0.2, -0.15) is 0 Å². The standard InChI is InChI=1S/C21H26N4O3/c1-15-18(21(27)24-10-3-2-4-11-24)23-19(28-15)16-7-12-25(13-8-16)20(26)17-6-5-9-22-14-17/h5-6,9,14,16H,2-4,7-8,10-13H2,1H3. The van der Waals surface area contributed by atoms with Gasteiger partial charge in [0.2, 0.25) is 0 Å². The summed E-state index contributed by atoms with van der Waals surface area (Å²) in [7, 11) is 0. The summed E-state index contributed by atoms with van der Waals surface area (Å²) in [5, 5.41) is 0. The van der Waals surface area contributed by atoms with Gasteiger partial charge >= 0.3 is 0 Å². The molecule has 28 heavy (non-hydrogen) atoms. The van der Waals surface area contributed by atoms with E-state index in [1.54, 1.807) is 24.5 Å². The van der Waals surface area contributed by atoms with Gasteiger partial charge in [0.25, 0.3) is 11.8 Å². The van der Waals surface area contributed by atoms with Gasteiger partial charge in [-0.15, -0.1) is 0 Å². The molecule has 2 aliphatic rings. The van der Waals surface area contributed by atoms with Crippen molar-refractivity contribution < 1.29 is 14.0 Å². The Morgan fingerprint density at radius 3 is 2.43 bits per heavy atom. The maximum atomic E-state index is 12.8. The Bertz CT molecular complexity index is 835. The predicted octanol–water partition coefficient (Wildman–Crippen LogP) is 3.02. The molecule has 0 aromatic carbocycles. The highest BCUT2D eigenvalue weighted by molar-refractivity contribution is 5.94. The van der Waals surface area contributed by atoms with Gasteiger partial charge in [0.1, 0.15) is 5.76 Å². The van der Waals surface area contributed by atoms with Crippen LogP contribution in [0.15, 0.2) is 28.9 Å². The van der Waals surface area contributed by atoms with E-state index in [1.165, 1.54) is 6.42 Å². The molecule has 2 saturated heterocycles. The van der Waals surface area contributed by atoms with Gasteiger partial charge in [-0.3, -0.25) is 14.6 Å². The first-order valence-electron chi connectivity index (χ1n) is 10.1. The molecule has 2 fully saturated rings. The molecule has 2 aliphatic heterocycles. The van der Waals surface area contributed by atoms with Gasteiger partial charge in [-0.1, -0.05) is 0 Å². The van der Waals surface area contributed by atoms with E-state index in [0.717, 1.165) is 38.8 Å². The van der Waals surface area contributed by atoms with Crippen LogP contribution in [0.25, 0.3) is 0 Å². The van der Waals surface area contributed by atoms with Crippen LogP contribution in [0, 0.1) is 6.92 Å². The van der Waals surface area contributed by atoms with E-state index in [2.05, 4.69) is 9.97 Å². The highest BCUT2D eigenvalue weighted by Gasteiger charge is 2.30. The van der Waals surface area contributed by atoms with E-state index >= 15 is 0 Å². The van der Waals surface area contributed by atoms with Crippen molar-refractivity contribution in [3.63, 3.8) is 0 Å². The van der Waals surface area contributed by atoms with Crippen molar-refractivity contribution in [3.05, 3.63) is 47.4 Å². The second-order valence-electron chi connectivity index (χ2n) is 7.62. The lowest BCUT2D eigenvalue weighted by molar-refractivity contribution is 0.0703. The molecule has 0 radical (unpaired) electrons. The van der Waals surface area contributed by atoms with Crippen LogP contribution in [0.4, 0.5) is 0 Å². The molecule has 0 atom stereocenters. The van der Waals surface area contributed by atoms with E-state index in [1.807, 2.05) is 16.7 Å². The van der Waals surface area contributed by atoms with Crippen LogP contribution in [0.2, 0.25) is 0 Å². The summed E-state index contributed by atoms with van der Waals surface area (Å²) in [6.45, 7) is 4.71. The summed E-state index contributed by atoms with van der Waals surface area (Å²) < 4.78 is 5.87. The van der Waals surface area contributed by atoms with Crippen molar-refractivity contribution in [1.29, 1.82) is 0 Å². The third-order valence-electron chi connectivity index (χ3n) is 5.70. The van der Waals surface area contributed by atoms with Crippen LogP contribution >= 0.6 is 0 Å². The highest BCUT2D eigenvalue weighted by Crippen LogP contribution is 2.30. The third-order valence-corrected chi connectivity index (χ3v) is 5.70. The number of amides is 2. The van der Waals surface area contributed by atoms with Crippen LogP contribution in [0.5, 0.6) is 0 Å². The van der Waals surface area contributed by atoms with Crippen molar-refractivity contribution in [2.45, 2.75) is 44.9 Å². The molecule has 0 unspecified atom stereocenters. The molecule has 0 saturated carbocycles. The fourth-order valence-electron chi connectivity index (χ4n) is 4.04. The number of hydrogen-bond acceptors (Lipinski definition) is 5. The van der Waals surface area contributed by atoms with Crippen molar-refractivity contribution in [1.82, 2.24) is 19.8 Å². The molecule has 0 spiro atoms. The Kier molecular flexibility index (Phi) is 5.41. The third kappa shape index (κ3) is 3.79. The zero-order valence-electron chi connectivity index (χ0n) is 16.3. The summed E-state index contributed by atoms with van der Waals surface area (Å²) in [4.78, 5) is 37.6. The molecule has 0 aliphatic carbocycles. The average Bonchev–Trinajstić information content (AvgIpc) is 3.15. The Hall–Kier alpha value is -2.70. The van der Waals surface area contributed by atoms with Crippen LogP contribution in [-0.2, 0) is 0 Å². The molecule has 0 bridgehead atoms. The molecule has 148 valence electrons. The number of hydrogen-bond donors (Lipinski definition) is 0. The maximum Gasteiger partial charge on any atom is 0.276 e. The fourth-order valence-corrected chi connectivity index (χ4v) is 4.04. The smallest absolute Gasteiger partial charge is 0.276 e. The minimum atomic E-state index is -0.0172. The van der Waals surface area contributed by atoms with Crippen molar-refractivity contribution >= 4 is 11.8 Å². The first-order valence-corrected chi connectivity index (χ1v) is 10.1. The molecular formula is C21H26N4O3. The summed E-state index contributed by atoms with van der Waals surface area (Å²) in [6.07, 6.45) is 8.12. The average molecular weight is 382 g/mol. The summed E-state index contributed by atoms with van der Waals surface area (Å²) in [5.74, 6) is 1.36. The first-order chi connectivity index (χ1) is 13.6. The van der Waals surface area contributed by atoms with Crippen LogP contribution in [0.3, 0.4) is 0 Å². The maximum absolute atomic E-state index is 12.8. The SMILES string of the molecule is Cc1oc(C2CCN(C(=O)c3cccnc3)CC2)nc1C(=O)N1CCCCC1. The summed E-state index contributed by atoms with van der Waals surface area (Å²) in [6, 6.07) is 3.56. The number of carbonyl (C=O) groups is 2. The Morgan fingerprint density at radius 2 is 1.75 bits per heavy atom. The summed E-state index contributed by atoms with van der Waals surface area (Å²) >= 11 is 0. The molecule has 2 aromatic rings. The first kappa shape index (κ1) is 18.7. The lowest BCUT2D eigenvalue weighted by Gasteiger charge is -2.30. The minimum Gasteiger partial charge on any atom is -0.445 e. The molecular weight excluding hydrogens is 356 g/mol. The number of aryl methyl sites for hydroxylation is 1. The molecule has 2 amide bonds. The Morgan fingerprint density at radius 1 is 1.04 bits per heavy atom. The second kappa shape index (κ2) is 8.12. The van der Waals surface area contributed by atoms with Crippen LogP contribution < -0.4 is 0 Å². The summed E-state index contributed by atoms with van der Waals surface area (Å²) in [5.41, 5.74) is 1.06. The van der Waals surface area contributed by atoms with Crippen molar-refractivity contribution in [2.24, 2.45) is 0 Å². The van der Waals surface area contributed by atoms with Gasteiger partial charge in [0.05, 0.1) is 5.56 Å². The van der Waals surface area contributed by atoms with Gasteiger partial charge in [0.15, 0.2) is 11.6 Å². The normalized spacial score (nSPS) is 18.3. The molecule has 4 rings (SSSR count). The number of piperidine rings is 2. The van der Waals surface area contributed by atoms with Crippen molar-refractivity contribution in [3.8, 4) is 0 Å². The number of rotatable bonds is 3. The van der Waals surface area contributed by atoms with Crippen LogP contribution in [-0.4, -0.2) is 57.8 Å². The molecule has 7 heteroatoms. The number of pyridine rings is 1. The number of nitrogens with zero attached hydrogens (tertiary/aromatic N) is 4. The lowest BCUT2D eigenvalue weighted by atomic mass is 9.96. The van der Waals surface area contributed by atoms with Gasteiger partial charge in [-0.25, -0.2) is 4.98 Å². The van der Waals surface area contributed by atoms with E-state index in [-0.39, 0.29) is 17.7 Å². The zero-order valence-corrected chi connectivity index (χ0v) is 16.3. The number of likely N-dealkylation sites (tertiary alicyclic amines) is 2. The van der Waals surface area contributed by atoms with Crippen LogP contribution in [0.1, 0.15) is 70.5 Å². The highest BCUT2D eigenvalue weighted by atomic mass is 16.4. The van der Waals surface area contributed by atoms with E-state index in [4.69, 9.17) is 4.42 Å². The molecule has 7 nitrogen and oxygen atoms in total. The number of aromatic nitrogens is 2. The Labute approximate surface area is 164 Å². The quantitative estimate of drug-likeness (QED) is 0.815. The lowest BCUT2D eigenvalue weighted by Crippen LogP contribution is -2.38. The van der Waals surface area contributed by atoms with E-state index in [9.17, 15) is 9.59 Å². The second-order valence-corrected chi connectivity index (χ2v) is 7.62. The fraction of sp³-hybridized carbons (Fsp3) is 0.524. The zero-order chi connectivity index (χ0) is 19.5. The number of carbonyl (C=O) groups excluding carboxylic acids is 2. The molecule has 0 N–H and O–H groups in total. The minimum absolute atomic E-state index is 0.0103. The molecule has 2 aromatic heterocycles. The van der Waals surface area contributed by atoms with E-state index < -0.39 is 0 Å². The van der Waals surface area contributed by atoms with E-state index in [0.29, 0.717) is 36.0 Å². The monoisotopic (exact) mass is 382 g/mol. The number of oxazole rings is 1. The van der Waals surface area contributed by atoms with Gasteiger partial charge < -0.3 is 14.2 Å². The molecule has 4 heterocycles. The van der Waals surface area contributed by atoms with Gasteiger partial charge in [-0.05, 0) is 51.2 Å². The van der Waals surface area contributed by atoms with Crippen molar-refractivity contribution in [2.75, 3.05) is 26.2 Å². The largest absolute Gasteiger partial charge is 0.445 e. The Balaban J connectivity index is 1.40. The predicted molar refractivity (Wildman–Crippen MR) is 103 cm³/mol. The topological polar surface area (TPSA) is 79.5 Å². The van der Waals surface area contributed by atoms with Gasteiger partial charge in [0, 0.05) is 44.5 Å².